The number of esters is 1. The van der Waals surface area contributed by atoms with Crippen LogP contribution in [0.4, 0.5) is 0 Å². The van der Waals surface area contributed by atoms with Crippen LogP contribution in [0.2, 0.25) is 0 Å². The Bertz CT molecular complexity index is 3000. The Morgan fingerprint density at radius 3 is 1.25 bits per heavy atom. The standard InChI is InChI=1S/C55H40O8/c1-7-12-17-21-22-23-24-25-27-31-57-42-62-53-39-47-45(38-52(53)60-34-29-19-14-9-3)44-36-51(59-33-28-18-13-8-2)50(58-32-26-16-11-5)37-46(44)49-41-55(63-43(6)56)54(40-48(47)49)61-35-30-20-15-10-4/h2-4,36-41H,7,12,17,21-25,27,31,42H2,1,5-6H3. The topological polar surface area (TPSA) is 81.7 Å². The molecule has 0 unspecified atom stereocenters. The number of carbonyl (C=O) groups is 1. The minimum Gasteiger partial charge on any atom is -0.464 e. The molecule has 0 heterocycles. The lowest BCUT2D eigenvalue weighted by Gasteiger charge is -2.17. The van der Waals surface area contributed by atoms with Gasteiger partial charge in [0.2, 0.25) is 0 Å². The van der Waals surface area contributed by atoms with Gasteiger partial charge in [-0.3, -0.25) is 4.79 Å². The average molecular weight is 829 g/mol. The van der Waals surface area contributed by atoms with E-state index in [0.717, 1.165) is 19.3 Å². The van der Waals surface area contributed by atoms with E-state index in [1.54, 1.807) is 43.3 Å². The van der Waals surface area contributed by atoms with Crippen molar-refractivity contribution in [1.82, 2.24) is 0 Å². The summed E-state index contributed by atoms with van der Waals surface area (Å²) in [6.07, 6.45) is 36.6. The highest BCUT2D eigenvalue weighted by Crippen LogP contribution is 2.47. The molecule has 0 aliphatic heterocycles. The van der Waals surface area contributed by atoms with Gasteiger partial charge in [-0.05, 0) is 124 Å². The van der Waals surface area contributed by atoms with Crippen LogP contribution in [0.25, 0.3) is 32.3 Å². The van der Waals surface area contributed by atoms with Crippen molar-refractivity contribution in [1.29, 1.82) is 0 Å². The monoisotopic (exact) mass is 828 g/mol. The summed E-state index contributed by atoms with van der Waals surface area (Å²) in [5.74, 6) is 37.5. The summed E-state index contributed by atoms with van der Waals surface area (Å²) in [6.45, 7) is 5.58. The average Bonchev–Trinajstić information content (AvgIpc) is 3.28. The van der Waals surface area contributed by atoms with Gasteiger partial charge >= 0.3 is 5.97 Å². The van der Waals surface area contributed by atoms with Crippen molar-refractivity contribution in [2.45, 2.75) is 78.6 Å². The van der Waals surface area contributed by atoms with Crippen LogP contribution in [0.15, 0.2) is 36.4 Å². The third-order valence-electron chi connectivity index (χ3n) is 8.69. The van der Waals surface area contributed by atoms with Crippen LogP contribution in [-0.2, 0) is 9.53 Å². The van der Waals surface area contributed by atoms with Gasteiger partial charge in [0.1, 0.15) is 24.4 Å². The van der Waals surface area contributed by atoms with Crippen LogP contribution < -0.4 is 28.4 Å². The Kier molecular flexibility index (Phi) is 20.2. The number of unbranched alkanes of at least 4 members (excludes halogenated alkanes) is 8. The minimum absolute atomic E-state index is 0.0679. The van der Waals surface area contributed by atoms with E-state index in [2.05, 4.69) is 120 Å². The predicted octanol–water partition coefficient (Wildman–Crippen LogP) is 9.25. The quantitative estimate of drug-likeness (QED) is 0.0245. The van der Waals surface area contributed by atoms with Crippen molar-refractivity contribution in [3.05, 3.63) is 36.4 Å². The highest BCUT2D eigenvalue weighted by molar-refractivity contribution is 6.27. The molecule has 0 amide bonds. The van der Waals surface area contributed by atoms with Gasteiger partial charge in [-0.15, -0.1) is 19.3 Å². The Morgan fingerprint density at radius 1 is 0.476 bits per heavy atom. The van der Waals surface area contributed by atoms with Gasteiger partial charge in [0.15, 0.2) is 41.3 Å². The molecule has 0 aliphatic carbocycles. The normalized spacial score (nSPS) is 8.95. The second-order valence-electron chi connectivity index (χ2n) is 13.0. The molecule has 0 radical (unpaired) electrons. The Balaban J connectivity index is 1.94. The van der Waals surface area contributed by atoms with E-state index in [0.29, 0.717) is 44.7 Å². The molecule has 0 saturated carbocycles. The van der Waals surface area contributed by atoms with E-state index in [1.165, 1.54) is 45.4 Å². The first-order valence-corrected chi connectivity index (χ1v) is 19.9. The molecule has 0 N–H and O–H groups in total. The molecule has 0 atom stereocenters. The third kappa shape index (κ3) is 15.1. The summed E-state index contributed by atoms with van der Waals surface area (Å²) in [5, 5.41) is 3.69. The molecule has 0 saturated heterocycles. The maximum atomic E-state index is 12.4. The number of carbonyl (C=O) groups excluding carboxylic acids is 1. The number of benzene rings is 4. The summed E-state index contributed by atoms with van der Waals surface area (Å²) in [5.41, 5.74) is 0. The molecule has 4 rings (SSSR count). The summed E-state index contributed by atoms with van der Waals surface area (Å²) in [6, 6.07) is 10.2. The summed E-state index contributed by atoms with van der Waals surface area (Å²) < 4.78 is 41.2. The lowest BCUT2D eigenvalue weighted by molar-refractivity contribution is -0.131. The van der Waals surface area contributed by atoms with E-state index >= 15 is 0 Å². The molecule has 4 aromatic carbocycles. The Morgan fingerprint density at radius 2 is 0.841 bits per heavy atom. The summed E-state index contributed by atoms with van der Waals surface area (Å²) in [4.78, 5) is 12.4. The zero-order valence-corrected chi connectivity index (χ0v) is 35.2. The molecule has 4 aromatic rings. The van der Waals surface area contributed by atoms with Crippen LogP contribution in [0.3, 0.4) is 0 Å². The smallest absolute Gasteiger partial charge is 0.308 e. The largest absolute Gasteiger partial charge is 0.464 e. The zero-order chi connectivity index (χ0) is 44.9. The fourth-order valence-corrected chi connectivity index (χ4v) is 6.05. The van der Waals surface area contributed by atoms with E-state index in [-0.39, 0.29) is 35.5 Å². The zero-order valence-electron chi connectivity index (χ0n) is 35.2. The molecule has 0 fully saturated rings. The Labute approximate surface area is 370 Å². The number of rotatable bonds is 18. The molecule has 0 aliphatic rings. The first-order valence-electron chi connectivity index (χ1n) is 19.9. The molecule has 308 valence electrons. The number of hydrogen-bond acceptors (Lipinski definition) is 8. The molecular formula is C55H40O8. The minimum atomic E-state index is -0.601. The highest BCUT2D eigenvalue weighted by atomic mass is 16.7. The van der Waals surface area contributed by atoms with Gasteiger partial charge in [0.25, 0.3) is 0 Å². The van der Waals surface area contributed by atoms with E-state index in [9.17, 15) is 4.79 Å². The number of fused-ring (bicyclic) bond motifs is 6. The fraction of sp³-hybridized carbons (Fsp3) is 0.255. The van der Waals surface area contributed by atoms with Crippen molar-refractivity contribution < 1.29 is 38.0 Å². The van der Waals surface area contributed by atoms with Gasteiger partial charge < -0.3 is 33.2 Å². The fourth-order valence-electron chi connectivity index (χ4n) is 6.05. The lowest BCUT2D eigenvalue weighted by atomic mass is 9.93. The highest BCUT2D eigenvalue weighted by Gasteiger charge is 2.21. The molecule has 8 heteroatoms. The maximum Gasteiger partial charge on any atom is 0.308 e. The number of ether oxygens (including phenoxy) is 7. The first kappa shape index (κ1) is 46.9. The molecule has 63 heavy (non-hydrogen) atoms. The first-order chi connectivity index (χ1) is 30.9. The van der Waals surface area contributed by atoms with Crippen LogP contribution in [-0.4, -0.2) is 19.4 Å². The van der Waals surface area contributed by atoms with Crippen molar-refractivity contribution in [3.8, 4) is 167 Å². The molecule has 8 nitrogen and oxygen atoms in total. The summed E-state index contributed by atoms with van der Waals surface area (Å²) in [7, 11) is 0. The van der Waals surface area contributed by atoms with Crippen LogP contribution in [0, 0.1) is 133 Å². The van der Waals surface area contributed by atoms with Crippen LogP contribution in [0.1, 0.15) is 78.6 Å². The number of terminal acetylenes is 3. The third-order valence-corrected chi connectivity index (χ3v) is 8.69. The predicted molar refractivity (Wildman–Crippen MR) is 246 cm³/mol. The van der Waals surface area contributed by atoms with Gasteiger partial charge in [-0.25, -0.2) is 0 Å². The second kappa shape index (κ2) is 27.1. The molecule has 0 bridgehead atoms. The SMILES string of the molecule is C#CC#CC#COc1cc2c(cc1OC#CC#CC)c1cc(OC(C)=O)c(OC#CC#CC#C)cc1c1cc(OCOCCCCCCCCCCC)c(OC#CC#CC#C)cc21. The van der Waals surface area contributed by atoms with Crippen molar-refractivity contribution >= 4 is 38.3 Å². The van der Waals surface area contributed by atoms with Gasteiger partial charge in [-0.2, -0.15) is 0 Å². The van der Waals surface area contributed by atoms with Crippen molar-refractivity contribution in [3.63, 3.8) is 0 Å². The molecule has 0 aromatic heterocycles. The van der Waals surface area contributed by atoms with Crippen molar-refractivity contribution in [2.75, 3.05) is 13.4 Å². The van der Waals surface area contributed by atoms with E-state index in [1.807, 2.05) is 0 Å². The van der Waals surface area contributed by atoms with E-state index in [4.69, 9.17) is 52.4 Å². The maximum absolute atomic E-state index is 12.4. The summed E-state index contributed by atoms with van der Waals surface area (Å²) >= 11 is 0. The molecular weight excluding hydrogens is 789 g/mol. The van der Waals surface area contributed by atoms with Gasteiger partial charge in [0, 0.05) is 48.4 Å². The van der Waals surface area contributed by atoms with Gasteiger partial charge in [-0.1, -0.05) is 64.2 Å². The van der Waals surface area contributed by atoms with Gasteiger partial charge in [0.05, 0.1) is 6.61 Å². The van der Waals surface area contributed by atoms with Crippen molar-refractivity contribution in [2.24, 2.45) is 0 Å². The van der Waals surface area contributed by atoms with E-state index < -0.39 is 5.97 Å². The molecule has 0 spiro atoms. The second-order valence-corrected chi connectivity index (χ2v) is 13.0. The van der Waals surface area contributed by atoms with Crippen LogP contribution in [0.5, 0.6) is 34.5 Å². The lowest BCUT2D eigenvalue weighted by Crippen LogP contribution is -2.05. The van der Waals surface area contributed by atoms with Crippen LogP contribution >= 0.6 is 0 Å². The number of hydrogen-bond donors (Lipinski definition) is 0. The Hall–Kier alpha value is -8.75.